The van der Waals surface area contributed by atoms with Gasteiger partial charge in [0.2, 0.25) is 6.08 Å². The number of isocyanates is 1. The molecule has 1 atom stereocenters. The van der Waals surface area contributed by atoms with E-state index in [4.69, 9.17) is 11.1 Å². The third-order valence-electron chi connectivity index (χ3n) is 1.48. The van der Waals surface area contributed by atoms with E-state index in [-0.39, 0.29) is 35.6 Å². The molecule has 0 aromatic rings. The first-order valence-corrected chi connectivity index (χ1v) is 3.55. The third-order valence-corrected chi connectivity index (χ3v) is 1.48. The van der Waals surface area contributed by atoms with Crippen LogP contribution in [0, 0.1) is 0 Å². The zero-order valence-corrected chi connectivity index (χ0v) is 9.55. The second-order valence-corrected chi connectivity index (χ2v) is 2.25. The summed E-state index contributed by atoms with van der Waals surface area (Å²) in [5, 5.41) is 0. The van der Waals surface area contributed by atoms with Gasteiger partial charge in [0, 0.05) is 0 Å². The van der Waals surface area contributed by atoms with Crippen LogP contribution in [0.3, 0.4) is 0 Å². The largest absolute Gasteiger partial charge is 1.00 e. The summed E-state index contributed by atoms with van der Waals surface area (Å²) in [5.41, 5.74) is 13.5. The molecule has 0 amide bonds. The number of carbonyl (C=O) groups excluding carboxylic acids is 1. The van der Waals surface area contributed by atoms with Crippen LogP contribution in [-0.4, -0.2) is 12.1 Å². The molecule has 0 aliphatic heterocycles. The molecule has 0 bridgehead atoms. The van der Waals surface area contributed by atoms with Gasteiger partial charge in [0.25, 0.3) is 0 Å². The van der Waals surface area contributed by atoms with Gasteiger partial charge in [0.05, 0.1) is 6.04 Å². The molecule has 0 aromatic carbocycles. The van der Waals surface area contributed by atoms with Gasteiger partial charge < -0.3 is 11.1 Å². The van der Waals surface area contributed by atoms with Gasteiger partial charge in [0.15, 0.2) is 0 Å². The monoisotopic (exact) mass is 188 g/mol. The van der Waals surface area contributed by atoms with Crippen LogP contribution in [0.25, 0.3) is 16.0 Å². The van der Waals surface area contributed by atoms with Crippen LogP contribution >= 0.6 is 0 Å². The van der Waals surface area contributed by atoms with Crippen LogP contribution in [0.1, 0.15) is 19.3 Å². The van der Waals surface area contributed by atoms with Crippen LogP contribution < -0.4 is 29.6 Å². The van der Waals surface area contributed by atoms with Gasteiger partial charge in [0.1, 0.15) is 0 Å². The van der Waals surface area contributed by atoms with E-state index in [1.54, 1.807) is 6.08 Å². The van der Waals surface area contributed by atoms with Gasteiger partial charge in [-0.2, -0.15) is 0 Å². The molecule has 13 heavy (non-hydrogen) atoms. The molecule has 64 valence electrons. The zero-order chi connectivity index (χ0) is 9.23. The van der Waals surface area contributed by atoms with Crippen LogP contribution in [0.2, 0.25) is 0 Å². The smallest absolute Gasteiger partial charge is 0.373 e. The molecule has 5 nitrogen and oxygen atoms in total. The molecule has 6 heteroatoms. The number of hydrogen-bond donors (Lipinski definition) is 0. The molecule has 0 radical (unpaired) electrons. The van der Waals surface area contributed by atoms with E-state index in [0.29, 0.717) is 0 Å². The van der Waals surface area contributed by atoms with E-state index in [0.717, 1.165) is 19.3 Å². The van der Waals surface area contributed by atoms with Crippen LogP contribution in [0.4, 0.5) is 0 Å². The molecule has 1 aliphatic rings. The Balaban J connectivity index is 0. The topological polar surface area (TPSA) is 88.1 Å². The SMILES string of the molecule is O=C=NC1CC=CCC1.[N-]=[N+]=[N-].[Na+]. The predicted molar refractivity (Wildman–Crippen MR) is 45.0 cm³/mol. The first-order valence-electron chi connectivity index (χ1n) is 3.55. The first kappa shape index (κ1) is 14.9. The maximum atomic E-state index is 9.76. The second-order valence-electron chi connectivity index (χ2n) is 2.25. The summed E-state index contributed by atoms with van der Waals surface area (Å²) < 4.78 is 0. The standard InChI is InChI=1S/C7H9NO.N3.Na/c9-6-8-7-4-2-1-3-5-7;1-3-2;/h1-2,7H,3-5H2;;/q;-1;+1. The maximum Gasteiger partial charge on any atom is 1.00 e. The Morgan fingerprint density at radius 3 is 2.46 bits per heavy atom. The number of aliphatic imine (C=N–C) groups is 1. The molecule has 0 heterocycles. The zero-order valence-electron chi connectivity index (χ0n) is 7.55. The van der Waals surface area contributed by atoms with Crippen molar-refractivity contribution in [3.8, 4) is 0 Å². The second kappa shape index (κ2) is 11.4. The predicted octanol–water partition coefficient (Wildman–Crippen LogP) is -0.699. The van der Waals surface area contributed by atoms with Crippen LogP contribution in [0.5, 0.6) is 0 Å². The van der Waals surface area contributed by atoms with E-state index in [2.05, 4.69) is 17.1 Å². The Morgan fingerprint density at radius 1 is 1.46 bits per heavy atom. The van der Waals surface area contributed by atoms with Crippen molar-refractivity contribution in [3.05, 3.63) is 28.1 Å². The summed E-state index contributed by atoms with van der Waals surface area (Å²) in [4.78, 5) is 14.9. The molecule has 1 rings (SSSR count). The summed E-state index contributed by atoms with van der Waals surface area (Å²) in [6, 6.07) is 0.215. The molecule has 0 N–H and O–H groups in total. The van der Waals surface area contributed by atoms with Crippen molar-refractivity contribution < 1.29 is 34.4 Å². The van der Waals surface area contributed by atoms with Gasteiger partial charge in [-0.05, 0) is 19.3 Å². The molecule has 1 unspecified atom stereocenters. The van der Waals surface area contributed by atoms with E-state index < -0.39 is 0 Å². The normalized spacial score (nSPS) is 18.0. The van der Waals surface area contributed by atoms with Gasteiger partial charge in [-0.1, -0.05) is 12.2 Å². The van der Waals surface area contributed by atoms with Crippen molar-refractivity contribution in [3.63, 3.8) is 0 Å². The van der Waals surface area contributed by atoms with E-state index in [9.17, 15) is 4.79 Å². The third kappa shape index (κ3) is 9.34. The van der Waals surface area contributed by atoms with E-state index in [1.807, 2.05) is 0 Å². The van der Waals surface area contributed by atoms with Crippen molar-refractivity contribution in [2.75, 3.05) is 0 Å². The molecular formula is C7H9N4NaO. The summed E-state index contributed by atoms with van der Waals surface area (Å²) in [5.74, 6) is 0. The fourth-order valence-electron chi connectivity index (χ4n) is 0.969. The average Bonchev–Trinajstić information content (AvgIpc) is 2.08. The van der Waals surface area contributed by atoms with Crippen molar-refractivity contribution in [1.29, 1.82) is 0 Å². The van der Waals surface area contributed by atoms with Crippen LogP contribution in [0.15, 0.2) is 17.1 Å². The fraction of sp³-hybridized carbons (Fsp3) is 0.571. The Hall–Kier alpha value is -0.570. The summed E-state index contributed by atoms with van der Waals surface area (Å²) in [6.07, 6.45) is 8.73. The fourth-order valence-corrected chi connectivity index (χ4v) is 0.969. The van der Waals surface area contributed by atoms with E-state index in [1.165, 1.54) is 4.91 Å². The molecule has 0 saturated heterocycles. The summed E-state index contributed by atoms with van der Waals surface area (Å²) in [6.45, 7) is 0. The summed E-state index contributed by atoms with van der Waals surface area (Å²) >= 11 is 0. The van der Waals surface area contributed by atoms with Gasteiger partial charge in [-0.25, -0.2) is 9.79 Å². The minimum absolute atomic E-state index is 0. The Kier molecular flexibility index (Phi) is 13.1. The van der Waals surface area contributed by atoms with Crippen molar-refractivity contribution >= 4 is 6.08 Å². The molecule has 0 spiro atoms. The molecular weight excluding hydrogens is 179 g/mol. The van der Waals surface area contributed by atoms with Gasteiger partial charge in [-0.15, -0.1) is 0 Å². The minimum Gasteiger partial charge on any atom is -0.373 e. The van der Waals surface area contributed by atoms with Gasteiger partial charge in [-0.3, -0.25) is 4.91 Å². The van der Waals surface area contributed by atoms with Crippen LogP contribution in [-0.2, 0) is 4.79 Å². The first-order chi connectivity index (χ1) is 5.85. The number of rotatable bonds is 1. The number of hydrogen-bond acceptors (Lipinski definition) is 2. The Bertz CT molecular complexity index is 229. The number of nitrogens with zero attached hydrogens (tertiary/aromatic N) is 4. The van der Waals surface area contributed by atoms with Gasteiger partial charge >= 0.3 is 29.6 Å². The van der Waals surface area contributed by atoms with Crippen molar-refractivity contribution in [1.82, 2.24) is 0 Å². The number of allylic oxidation sites excluding steroid dienone is 1. The molecule has 1 aliphatic carbocycles. The van der Waals surface area contributed by atoms with Crippen molar-refractivity contribution in [2.45, 2.75) is 25.3 Å². The Labute approximate surface area is 98.6 Å². The maximum absolute atomic E-state index is 9.76. The van der Waals surface area contributed by atoms with E-state index >= 15 is 0 Å². The van der Waals surface area contributed by atoms with Crippen molar-refractivity contribution in [2.24, 2.45) is 4.99 Å². The minimum atomic E-state index is 0. The Morgan fingerprint density at radius 2 is 2.08 bits per heavy atom. The quantitative estimate of drug-likeness (QED) is 0.102. The summed E-state index contributed by atoms with van der Waals surface area (Å²) in [7, 11) is 0. The molecule has 0 fully saturated rings. The average molecular weight is 188 g/mol. The molecule has 0 aromatic heterocycles. The molecule has 0 saturated carbocycles.